The molecule has 0 aliphatic heterocycles. The van der Waals surface area contributed by atoms with Gasteiger partial charge in [0.1, 0.15) is 0 Å². The van der Waals surface area contributed by atoms with Gasteiger partial charge in [-0.15, -0.1) is 0 Å². The molecule has 0 radical (unpaired) electrons. The normalized spacial score (nSPS) is 11.6. The average molecular weight is 296 g/mol. The minimum Gasteiger partial charge on any atom is -0.371 e. The van der Waals surface area contributed by atoms with Gasteiger partial charge in [0, 0.05) is 32.3 Å². The molecule has 1 atom stereocenters. The Morgan fingerprint density at radius 1 is 1.43 bits per heavy atom. The lowest BCUT2D eigenvalue weighted by Crippen LogP contribution is -2.35. The third-order valence-electron chi connectivity index (χ3n) is 3.03. The molecule has 1 aromatic heterocycles. The molecule has 116 valence electrons. The summed E-state index contributed by atoms with van der Waals surface area (Å²) in [5, 5.41) is 7.87. The van der Waals surface area contributed by atoms with Crippen LogP contribution in [0.2, 0.25) is 0 Å². The average Bonchev–Trinajstić information content (AvgIpc) is 2.47. The van der Waals surface area contributed by atoms with Crippen molar-refractivity contribution in [1.29, 1.82) is 0 Å². The Morgan fingerprint density at radius 3 is 2.76 bits per heavy atom. The highest BCUT2D eigenvalue weighted by molar-refractivity contribution is 5.95. The van der Waals surface area contributed by atoms with Gasteiger partial charge in [-0.2, -0.15) is 0 Å². The predicted molar refractivity (Wildman–Crippen MR) is 78.6 cm³/mol. The van der Waals surface area contributed by atoms with Crippen molar-refractivity contribution in [1.82, 2.24) is 15.6 Å². The van der Waals surface area contributed by atoms with Gasteiger partial charge in [0.15, 0.2) is 11.6 Å². The first-order valence-electron chi connectivity index (χ1n) is 6.89. The van der Waals surface area contributed by atoms with Gasteiger partial charge in [-0.1, -0.05) is 6.92 Å². The molecule has 1 rings (SSSR count). The van der Waals surface area contributed by atoms with E-state index in [9.17, 15) is 14.0 Å². The molecule has 3 N–H and O–H groups in total. The number of nitrogens with one attached hydrogen (secondary N) is 3. The van der Waals surface area contributed by atoms with Crippen molar-refractivity contribution < 1.29 is 14.0 Å². The second-order valence-electron chi connectivity index (χ2n) is 4.65. The van der Waals surface area contributed by atoms with Gasteiger partial charge in [-0.05, 0) is 19.4 Å². The van der Waals surface area contributed by atoms with Crippen LogP contribution in [0.4, 0.5) is 10.2 Å². The van der Waals surface area contributed by atoms with E-state index in [-0.39, 0.29) is 36.3 Å². The Labute approximate surface area is 123 Å². The number of carbonyl (C=O) groups excluding carboxylic acids is 2. The lowest BCUT2D eigenvalue weighted by atomic mass is 10.2. The van der Waals surface area contributed by atoms with Crippen LogP contribution in [0, 0.1) is 5.82 Å². The molecular formula is C14H21FN4O2. The van der Waals surface area contributed by atoms with E-state index in [2.05, 4.69) is 20.9 Å². The number of hydrogen-bond acceptors (Lipinski definition) is 4. The molecule has 2 amide bonds. The summed E-state index contributed by atoms with van der Waals surface area (Å²) in [7, 11) is 1.52. The zero-order valence-electron chi connectivity index (χ0n) is 12.5. The van der Waals surface area contributed by atoms with Crippen molar-refractivity contribution in [2.24, 2.45) is 0 Å². The van der Waals surface area contributed by atoms with Crippen LogP contribution in [-0.2, 0) is 4.79 Å². The van der Waals surface area contributed by atoms with Crippen molar-refractivity contribution in [2.45, 2.75) is 32.7 Å². The Kier molecular flexibility index (Phi) is 6.58. The van der Waals surface area contributed by atoms with Crippen LogP contribution in [-0.4, -0.2) is 36.4 Å². The van der Waals surface area contributed by atoms with Crippen molar-refractivity contribution in [3.8, 4) is 0 Å². The van der Waals surface area contributed by atoms with Gasteiger partial charge >= 0.3 is 0 Å². The minimum absolute atomic E-state index is 0.0113. The summed E-state index contributed by atoms with van der Waals surface area (Å²) >= 11 is 0. The van der Waals surface area contributed by atoms with Crippen LogP contribution < -0.4 is 16.0 Å². The monoisotopic (exact) mass is 296 g/mol. The van der Waals surface area contributed by atoms with Crippen LogP contribution in [0.5, 0.6) is 0 Å². The summed E-state index contributed by atoms with van der Waals surface area (Å²) in [4.78, 5) is 27.2. The minimum atomic E-state index is -0.707. The maximum Gasteiger partial charge on any atom is 0.254 e. The van der Waals surface area contributed by atoms with E-state index >= 15 is 0 Å². The molecule has 0 aliphatic carbocycles. The maximum atomic E-state index is 13.9. The fraction of sp³-hybridized carbons (Fsp3) is 0.500. The summed E-state index contributed by atoms with van der Waals surface area (Å²) in [5.74, 6) is -1.41. The van der Waals surface area contributed by atoms with Gasteiger partial charge in [0.25, 0.3) is 5.91 Å². The summed E-state index contributed by atoms with van der Waals surface area (Å²) in [6.07, 6.45) is 2.34. The molecule has 21 heavy (non-hydrogen) atoms. The van der Waals surface area contributed by atoms with E-state index in [1.807, 2.05) is 13.8 Å². The Hall–Kier alpha value is -2.18. The summed E-state index contributed by atoms with van der Waals surface area (Å²) in [6.45, 7) is 4.03. The van der Waals surface area contributed by atoms with Gasteiger partial charge in [-0.25, -0.2) is 9.37 Å². The van der Waals surface area contributed by atoms with E-state index in [1.165, 1.54) is 19.3 Å². The number of nitrogens with zero attached hydrogens (tertiary/aromatic N) is 1. The molecule has 0 aromatic carbocycles. The Balaban J connectivity index is 2.50. The molecule has 1 aromatic rings. The molecule has 0 saturated carbocycles. The number of anilines is 1. The number of rotatable bonds is 7. The van der Waals surface area contributed by atoms with Gasteiger partial charge in [0.05, 0.1) is 5.56 Å². The number of hydrogen-bond donors (Lipinski definition) is 3. The van der Waals surface area contributed by atoms with Crippen LogP contribution in [0.25, 0.3) is 0 Å². The highest BCUT2D eigenvalue weighted by Gasteiger charge is 2.15. The van der Waals surface area contributed by atoms with Crippen LogP contribution in [0.1, 0.15) is 37.0 Å². The van der Waals surface area contributed by atoms with Crippen LogP contribution in [0.3, 0.4) is 0 Å². The summed E-state index contributed by atoms with van der Waals surface area (Å²) in [5.41, 5.74) is -0.100. The van der Waals surface area contributed by atoms with Crippen molar-refractivity contribution in [3.05, 3.63) is 23.6 Å². The summed E-state index contributed by atoms with van der Waals surface area (Å²) < 4.78 is 13.9. The SMILES string of the molecule is CCC(C)NC(=O)CCNC(=O)c1ccnc(NC)c1F. The first kappa shape index (κ1) is 16.9. The predicted octanol–water partition coefficient (Wildman–Crippen LogP) is 1.30. The smallest absolute Gasteiger partial charge is 0.254 e. The number of carbonyl (C=O) groups is 2. The van der Waals surface area contributed by atoms with Gasteiger partial charge in [-0.3, -0.25) is 9.59 Å². The number of aromatic nitrogens is 1. The standard InChI is InChI=1S/C14H21FN4O2/c1-4-9(2)19-11(20)6-8-18-14(21)10-5-7-17-13(16-3)12(10)15/h5,7,9H,4,6,8H2,1-3H3,(H,16,17)(H,18,21)(H,19,20). The molecular weight excluding hydrogens is 275 g/mol. The number of amides is 2. The fourth-order valence-electron chi connectivity index (χ4n) is 1.63. The molecule has 0 fully saturated rings. The lowest BCUT2D eigenvalue weighted by molar-refractivity contribution is -0.121. The van der Waals surface area contributed by atoms with E-state index in [4.69, 9.17) is 0 Å². The number of halogens is 1. The highest BCUT2D eigenvalue weighted by atomic mass is 19.1. The first-order chi connectivity index (χ1) is 9.99. The molecule has 1 heterocycles. The third kappa shape index (κ3) is 5.02. The fourth-order valence-corrected chi connectivity index (χ4v) is 1.63. The molecule has 0 spiro atoms. The molecule has 7 heteroatoms. The maximum absolute atomic E-state index is 13.9. The molecule has 1 unspecified atom stereocenters. The Morgan fingerprint density at radius 2 is 2.14 bits per heavy atom. The third-order valence-corrected chi connectivity index (χ3v) is 3.03. The largest absolute Gasteiger partial charge is 0.371 e. The van der Waals surface area contributed by atoms with E-state index in [0.717, 1.165) is 6.42 Å². The van der Waals surface area contributed by atoms with Gasteiger partial charge < -0.3 is 16.0 Å². The first-order valence-corrected chi connectivity index (χ1v) is 6.89. The van der Waals surface area contributed by atoms with E-state index in [1.54, 1.807) is 0 Å². The van der Waals surface area contributed by atoms with Crippen molar-refractivity contribution in [3.63, 3.8) is 0 Å². The van der Waals surface area contributed by atoms with Gasteiger partial charge in [0.2, 0.25) is 5.91 Å². The Bertz CT molecular complexity index is 508. The van der Waals surface area contributed by atoms with E-state index in [0.29, 0.717) is 0 Å². The molecule has 0 saturated heterocycles. The number of pyridine rings is 1. The van der Waals surface area contributed by atoms with Crippen molar-refractivity contribution >= 4 is 17.6 Å². The molecule has 0 aliphatic rings. The highest BCUT2D eigenvalue weighted by Crippen LogP contribution is 2.14. The quantitative estimate of drug-likeness (QED) is 0.708. The molecule has 0 bridgehead atoms. The topological polar surface area (TPSA) is 83.1 Å². The lowest BCUT2D eigenvalue weighted by Gasteiger charge is -2.12. The zero-order valence-corrected chi connectivity index (χ0v) is 12.5. The van der Waals surface area contributed by atoms with Crippen LogP contribution >= 0.6 is 0 Å². The second-order valence-corrected chi connectivity index (χ2v) is 4.65. The van der Waals surface area contributed by atoms with E-state index < -0.39 is 11.7 Å². The summed E-state index contributed by atoms with van der Waals surface area (Å²) in [6, 6.07) is 1.40. The molecule has 6 nitrogen and oxygen atoms in total. The second kappa shape index (κ2) is 8.18. The van der Waals surface area contributed by atoms with Crippen LogP contribution in [0.15, 0.2) is 12.3 Å². The van der Waals surface area contributed by atoms with Crippen molar-refractivity contribution in [2.75, 3.05) is 18.9 Å². The zero-order chi connectivity index (χ0) is 15.8.